The molecule has 0 unspecified atom stereocenters. The Morgan fingerprint density at radius 2 is 2.00 bits per heavy atom. The Kier molecular flexibility index (Phi) is 6.48. The fraction of sp³-hybridized carbons (Fsp3) is 0.600. The van der Waals surface area contributed by atoms with Gasteiger partial charge in [0.25, 0.3) is 0 Å². The summed E-state index contributed by atoms with van der Waals surface area (Å²) in [7, 11) is 0. The second kappa shape index (κ2) is 6.92. The fourth-order valence-corrected chi connectivity index (χ4v) is 0.597. The van der Waals surface area contributed by atoms with Crippen LogP contribution in [0.2, 0.25) is 0 Å². The normalized spacial score (nSPS) is 17.0. The van der Waals surface area contributed by atoms with E-state index in [-0.39, 0.29) is 12.0 Å². The Labute approximate surface area is 74.6 Å². The topological polar surface area (TPSA) is 29.5 Å². The maximum Gasteiger partial charge on any atom is 0.0845 e. The number of hydrogen-bond donors (Lipinski definition) is 1. The molecular weight excluding hydrogens is 152 g/mol. The van der Waals surface area contributed by atoms with E-state index in [0.29, 0.717) is 6.61 Å². The van der Waals surface area contributed by atoms with Crippen LogP contribution in [0.3, 0.4) is 0 Å². The number of ether oxygens (including phenoxy) is 1. The lowest BCUT2D eigenvalue weighted by Gasteiger charge is -2.07. The van der Waals surface area contributed by atoms with Crippen molar-refractivity contribution in [1.82, 2.24) is 0 Å². The third kappa shape index (κ3) is 5.98. The molecule has 0 spiro atoms. The van der Waals surface area contributed by atoms with E-state index in [2.05, 4.69) is 0 Å². The van der Waals surface area contributed by atoms with Crippen LogP contribution in [-0.2, 0) is 4.74 Å². The van der Waals surface area contributed by atoms with E-state index in [0.717, 1.165) is 0 Å². The molecule has 0 saturated carbocycles. The standard InChI is InChI=1S/C10H18O2/c1-4-12-8-6-5-7-9(2)10(3)11/h5-11H,4H2,1-3H3/b7-5-,8-6+/t9-,10-/m0/s1. The first-order valence-corrected chi connectivity index (χ1v) is 4.31. The third-order valence-corrected chi connectivity index (χ3v) is 1.63. The molecule has 0 fully saturated rings. The van der Waals surface area contributed by atoms with Crippen LogP contribution in [0.25, 0.3) is 0 Å². The van der Waals surface area contributed by atoms with E-state index < -0.39 is 0 Å². The predicted molar refractivity (Wildman–Crippen MR) is 50.8 cm³/mol. The van der Waals surface area contributed by atoms with Crippen LogP contribution in [0.15, 0.2) is 24.5 Å². The van der Waals surface area contributed by atoms with Crippen LogP contribution >= 0.6 is 0 Å². The van der Waals surface area contributed by atoms with Crippen molar-refractivity contribution in [3.8, 4) is 0 Å². The summed E-state index contributed by atoms with van der Waals surface area (Å²) in [4.78, 5) is 0. The maximum atomic E-state index is 9.12. The largest absolute Gasteiger partial charge is 0.501 e. The molecule has 0 bridgehead atoms. The zero-order valence-electron chi connectivity index (χ0n) is 8.03. The molecule has 0 heterocycles. The molecule has 0 radical (unpaired) electrons. The Hall–Kier alpha value is -0.760. The minimum atomic E-state index is -0.290. The van der Waals surface area contributed by atoms with Gasteiger partial charge in [-0.2, -0.15) is 0 Å². The van der Waals surface area contributed by atoms with Crippen LogP contribution in [0.1, 0.15) is 20.8 Å². The molecule has 0 aliphatic heterocycles. The van der Waals surface area contributed by atoms with Crippen molar-refractivity contribution < 1.29 is 9.84 Å². The SMILES string of the molecule is CCO/C=C/C=C\[C@H](C)[C@H](C)O. The van der Waals surface area contributed by atoms with Crippen LogP contribution in [0.4, 0.5) is 0 Å². The van der Waals surface area contributed by atoms with Crippen LogP contribution in [-0.4, -0.2) is 17.8 Å². The van der Waals surface area contributed by atoms with Gasteiger partial charge in [0.05, 0.1) is 19.0 Å². The summed E-state index contributed by atoms with van der Waals surface area (Å²) in [6, 6.07) is 0. The Morgan fingerprint density at radius 1 is 1.33 bits per heavy atom. The molecule has 0 amide bonds. The highest BCUT2D eigenvalue weighted by atomic mass is 16.5. The highest BCUT2D eigenvalue weighted by molar-refractivity contribution is 5.02. The number of hydrogen-bond acceptors (Lipinski definition) is 2. The molecule has 0 rings (SSSR count). The molecule has 1 N–H and O–H groups in total. The predicted octanol–water partition coefficient (Wildman–Crippen LogP) is 2.11. The zero-order chi connectivity index (χ0) is 9.40. The number of aliphatic hydroxyl groups is 1. The van der Waals surface area contributed by atoms with Crippen molar-refractivity contribution in [2.75, 3.05) is 6.61 Å². The van der Waals surface area contributed by atoms with Crippen molar-refractivity contribution in [1.29, 1.82) is 0 Å². The second-order valence-electron chi connectivity index (χ2n) is 2.77. The van der Waals surface area contributed by atoms with E-state index >= 15 is 0 Å². The highest BCUT2D eigenvalue weighted by Gasteiger charge is 2.01. The average molecular weight is 170 g/mol. The molecular formula is C10H18O2. The van der Waals surface area contributed by atoms with Crippen LogP contribution in [0.5, 0.6) is 0 Å². The lowest BCUT2D eigenvalue weighted by Crippen LogP contribution is -2.09. The quantitative estimate of drug-likeness (QED) is 0.506. The van der Waals surface area contributed by atoms with E-state index in [1.165, 1.54) is 0 Å². The summed E-state index contributed by atoms with van der Waals surface area (Å²) in [6.45, 7) is 6.37. The van der Waals surface area contributed by atoms with E-state index in [1.807, 2.05) is 32.1 Å². The first kappa shape index (κ1) is 11.2. The summed E-state index contributed by atoms with van der Waals surface area (Å²) in [5.74, 6) is 0.191. The second-order valence-corrected chi connectivity index (χ2v) is 2.77. The van der Waals surface area contributed by atoms with Gasteiger partial charge in [0.1, 0.15) is 0 Å². The van der Waals surface area contributed by atoms with Crippen LogP contribution in [0, 0.1) is 5.92 Å². The molecule has 0 aliphatic carbocycles. The molecule has 0 aromatic rings. The van der Waals surface area contributed by atoms with Crippen molar-refractivity contribution in [3.63, 3.8) is 0 Å². The summed E-state index contributed by atoms with van der Waals surface area (Å²) in [5, 5.41) is 9.12. The first-order chi connectivity index (χ1) is 5.68. The van der Waals surface area contributed by atoms with Gasteiger partial charge in [0.2, 0.25) is 0 Å². The molecule has 0 saturated heterocycles. The summed E-state index contributed by atoms with van der Waals surface area (Å²) in [5.41, 5.74) is 0. The van der Waals surface area contributed by atoms with Gasteiger partial charge in [-0.15, -0.1) is 0 Å². The first-order valence-electron chi connectivity index (χ1n) is 4.31. The minimum absolute atomic E-state index is 0.191. The van der Waals surface area contributed by atoms with Crippen molar-refractivity contribution in [2.24, 2.45) is 5.92 Å². The molecule has 0 aromatic carbocycles. The van der Waals surface area contributed by atoms with Crippen molar-refractivity contribution in [2.45, 2.75) is 26.9 Å². The smallest absolute Gasteiger partial charge is 0.0845 e. The third-order valence-electron chi connectivity index (χ3n) is 1.63. The van der Waals surface area contributed by atoms with Gasteiger partial charge in [-0.3, -0.25) is 0 Å². The zero-order valence-corrected chi connectivity index (χ0v) is 8.03. The van der Waals surface area contributed by atoms with Crippen molar-refractivity contribution >= 4 is 0 Å². The van der Waals surface area contributed by atoms with Gasteiger partial charge in [0, 0.05) is 0 Å². The number of rotatable bonds is 5. The number of aliphatic hydroxyl groups excluding tert-OH is 1. The Bertz CT molecular complexity index is 148. The summed E-state index contributed by atoms with van der Waals surface area (Å²) in [6.07, 6.45) is 7.00. The van der Waals surface area contributed by atoms with Gasteiger partial charge < -0.3 is 9.84 Å². The maximum absolute atomic E-state index is 9.12. The Morgan fingerprint density at radius 3 is 2.50 bits per heavy atom. The molecule has 2 nitrogen and oxygen atoms in total. The molecule has 0 aromatic heterocycles. The number of allylic oxidation sites excluding steroid dienone is 2. The minimum Gasteiger partial charge on any atom is -0.501 e. The average Bonchev–Trinajstić information content (AvgIpc) is 2.03. The highest BCUT2D eigenvalue weighted by Crippen LogP contribution is 2.03. The fourth-order valence-electron chi connectivity index (χ4n) is 0.597. The summed E-state index contributed by atoms with van der Waals surface area (Å²) >= 11 is 0. The van der Waals surface area contributed by atoms with Crippen molar-refractivity contribution in [3.05, 3.63) is 24.5 Å². The van der Waals surface area contributed by atoms with E-state index in [1.54, 1.807) is 13.2 Å². The van der Waals surface area contributed by atoms with Gasteiger partial charge in [-0.05, 0) is 25.8 Å². The molecule has 70 valence electrons. The molecule has 12 heavy (non-hydrogen) atoms. The van der Waals surface area contributed by atoms with Gasteiger partial charge >= 0.3 is 0 Å². The molecule has 2 heteroatoms. The molecule has 2 atom stereocenters. The van der Waals surface area contributed by atoms with E-state index in [4.69, 9.17) is 9.84 Å². The van der Waals surface area contributed by atoms with Gasteiger partial charge in [0.15, 0.2) is 0 Å². The van der Waals surface area contributed by atoms with Gasteiger partial charge in [-0.25, -0.2) is 0 Å². The Balaban J connectivity index is 3.60. The lowest BCUT2D eigenvalue weighted by atomic mass is 10.1. The summed E-state index contributed by atoms with van der Waals surface area (Å²) < 4.78 is 4.98. The van der Waals surface area contributed by atoms with Gasteiger partial charge in [-0.1, -0.05) is 19.1 Å². The molecule has 0 aliphatic rings. The monoisotopic (exact) mass is 170 g/mol. The lowest BCUT2D eigenvalue weighted by molar-refractivity contribution is 0.157. The van der Waals surface area contributed by atoms with Crippen LogP contribution < -0.4 is 0 Å². The van der Waals surface area contributed by atoms with E-state index in [9.17, 15) is 0 Å².